The molecule has 3 heterocycles. The van der Waals surface area contributed by atoms with Gasteiger partial charge < -0.3 is 49.6 Å². The number of aliphatic hydroxyl groups excluding tert-OH is 6. The van der Waals surface area contributed by atoms with Crippen molar-refractivity contribution in [2.24, 2.45) is 0 Å². The third-order valence-electron chi connectivity index (χ3n) is 6.73. The van der Waals surface area contributed by atoms with E-state index in [1.165, 1.54) is 0 Å². The highest BCUT2D eigenvalue weighted by molar-refractivity contribution is 5.89. The lowest BCUT2D eigenvalue weighted by molar-refractivity contribution is -0.296. The zero-order valence-corrected chi connectivity index (χ0v) is 20.0. The Bertz CT molecular complexity index is 1240. The normalized spacial score (nSPS) is 34.7. The molecule has 2 aromatic carbocycles. The van der Waals surface area contributed by atoms with Gasteiger partial charge in [-0.05, 0) is 19.1 Å². The van der Waals surface area contributed by atoms with Gasteiger partial charge in [-0.3, -0.25) is 0 Å². The first-order chi connectivity index (χ1) is 17.7. The molecular weight excluding hydrogens is 488 g/mol. The molecule has 12 nitrogen and oxygen atoms in total. The van der Waals surface area contributed by atoms with Crippen LogP contribution in [0.5, 0.6) is 0 Å². The van der Waals surface area contributed by atoms with E-state index in [9.17, 15) is 30.6 Å². The van der Waals surface area contributed by atoms with Crippen molar-refractivity contribution in [3.8, 4) is 0 Å². The molecule has 9 atom stereocenters. The monoisotopic (exact) mass is 518 g/mol. The van der Waals surface area contributed by atoms with Crippen molar-refractivity contribution in [2.75, 3.05) is 6.61 Å². The Labute approximate surface area is 211 Å². The molecule has 2 fully saturated rings. The summed E-state index contributed by atoms with van der Waals surface area (Å²) in [5.74, 6) is 0. The van der Waals surface area contributed by atoms with Gasteiger partial charge in [0.25, 0.3) is 0 Å². The number of nitrogens with zero attached hydrogens (tertiary/aromatic N) is 2. The van der Waals surface area contributed by atoms with Gasteiger partial charge in [0.1, 0.15) is 36.6 Å². The molecule has 6 N–H and O–H groups in total. The maximum atomic E-state index is 10.2. The molecule has 3 aromatic rings. The van der Waals surface area contributed by atoms with E-state index in [0.717, 1.165) is 0 Å². The Morgan fingerprint density at radius 1 is 0.730 bits per heavy atom. The molecule has 0 spiro atoms. The van der Waals surface area contributed by atoms with Crippen molar-refractivity contribution >= 4 is 22.1 Å². The summed E-state index contributed by atoms with van der Waals surface area (Å²) >= 11 is 0. The summed E-state index contributed by atoms with van der Waals surface area (Å²) in [6.07, 6.45) is -10.9. The smallest absolute Gasteiger partial charge is 0.186 e. The van der Waals surface area contributed by atoms with Gasteiger partial charge in [-0.25, -0.2) is 9.97 Å². The summed E-state index contributed by atoms with van der Waals surface area (Å²) in [5, 5.41) is 59.7. The largest absolute Gasteiger partial charge is 0.388 e. The SMILES string of the molecule is CC1OC(OCc2cccc3nc4c(COC5OCC(O)C(O)C5O)cccc4nc23)C(O)C(O)C1O. The van der Waals surface area contributed by atoms with Crippen LogP contribution in [0.4, 0.5) is 0 Å². The van der Waals surface area contributed by atoms with E-state index in [1.54, 1.807) is 43.3 Å². The highest BCUT2D eigenvalue weighted by atomic mass is 16.7. The van der Waals surface area contributed by atoms with Gasteiger partial charge in [-0.15, -0.1) is 0 Å². The summed E-state index contributed by atoms with van der Waals surface area (Å²) in [6.45, 7) is 1.46. The molecule has 0 saturated carbocycles. The lowest BCUT2D eigenvalue weighted by atomic mass is 10.00. The fraction of sp³-hybridized carbons (Fsp3) is 0.520. The maximum absolute atomic E-state index is 10.2. The van der Waals surface area contributed by atoms with Crippen LogP contribution in [0, 0.1) is 0 Å². The number of aromatic nitrogens is 2. The highest BCUT2D eigenvalue weighted by Gasteiger charge is 2.42. The molecule has 0 amide bonds. The second-order valence-corrected chi connectivity index (χ2v) is 9.35. The number of benzene rings is 2. The molecule has 37 heavy (non-hydrogen) atoms. The van der Waals surface area contributed by atoms with Crippen LogP contribution in [0.3, 0.4) is 0 Å². The van der Waals surface area contributed by atoms with Gasteiger partial charge in [-0.2, -0.15) is 0 Å². The molecular formula is C25H30N2O10. The Kier molecular flexibility index (Phi) is 7.65. The van der Waals surface area contributed by atoms with E-state index < -0.39 is 55.3 Å². The summed E-state index contributed by atoms with van der Waals surface area (Å²) in [7, 11) is 0. The third-order valence-corrected chi connectivity index (χ3v) is 6.73. The standard InChI is InChI=1S/C25H30N2O10/c1-11-19(29)21(31)23(33)25(37-11)35-9-13-5-3-7-15-18(13)27-14-6-2-4-12(17(14)26-15)8-34-24-22(32)20(30)16(28)10-36-24/h2-7,11,16,19-25,28-33H,8-10H2,1H3. The van der Waals surface area contributed by atoms with Crippen molar-refractivity contribution in [3.05, 3.63) is 47.5 Å². The summed E-state index contributed by atoms with van der Waals surface area (Å²) in [6, 6.07) is 10.8. The Morgan fingerprint density at radius 2 is 1.27 bits per heavy atom. The molecule has 0 radical (unpaired) electrons. The summed E-state index contributed by atoms with van der Waals surface area (Å²) in [5.41, 5.74) is 3.70. The van der Waals surface area contributed by atoms with E-state index in [2.05, 4.69) is 0 Å². The van der Waals surface area contributed by atoms with E-state index >= 15 is 0 Å². The van der Waals surface area contributed by atoms with Gasteiger partial charge in [0.15, 0.2) is 12.6 Å². The zero-order valence-electron chi connectivity index (χ0n) is 20.0. The van der Waals surface area contributed by atoms with Crippen molar-refractivity contribution in [1.82, 2.24) is 9.97 Å². The number of para-hydroxylation sites is 2. The quantitative estimate of drug-likeness (QED) is 0.221. The lowest BCUT2D eigenvalue weighted by Crippen LogP contribution is -2.57. The van der Waals surface area contributed by atoms with Gasteiger partial charge in [0.2, 0.25) is 0 Å². The number of hydrogen-bond donors (Lipinski definition) is 6. The van der Waals surface area contributed by atoms with Crippen molar-refractivity contribution in [3.63, 3.8) is 0 Å². The summed E-state index contributed by atoms with van der Waals surface area (Å²) < 4.78 is 22.2. The van der Waals surface area contributed by atoms with Gasteiger partial charge in [0, 0.05) is 11.1 Å². The third kappa shape index (κ3) is 5.18. The van der Waals surface area contributed by atoms with Crippen LogP contribution in [0.15, 0.2) is 36.4 Å². The number of rotatable bonds is 6. The van der Waals surface area contributed by atoms with Crippen LogP contribution < -0.4 is 0 Å². The first-order valence-corrected chi connectivity index (χ1v) is 12.0. The van der Waals surface area contributed by atoms with Crippen LogP contribution in [-0.2, 0) is 32.2 Å². The fourth-order valence-electron chi connectivity index (χ4n) is 4.49. The Morgan fingerprint density at radius 3 is 1.86 bits per heavy atom. The molecule has 2 saturated heterocycles. The van der Waals surface area contributed by atoms with Gasteiger partial charge >= 0.3 is 0 Å². The minimum atomic E-state index is -1.41. The molecule has 0 aliphatic carbocycles. The Balaban J connectivity index is 1.35. The van der Waals surface area contributed by atoms with E-state index in [1.807, 2.05) is 0 Å². The molecule has 12 heteroatoms. The summed E-state index contributed by atoms with van der Waals surface area (Å²) in [4.78, 5) is 9.50. The van der Waals surface area contributed by atoms with Crippen LogP contribution >= 0.6 is 0 Å². The van der Waals surface area contributed by atoms with Crippen molar-refractivity contribution < 1.29 is 49.6 Å². The number of aliphatic hydroxyl groups is 6. The topological polar surface area (TPSA) is 184 Å². The molecule has 200 valence electrons. The van der Waals surface area contributed by atoms with Crippen LogP contribution in [0.1, 0.15) is 18.1 Å². The minimum absolute atomic E-state index is 0.0165. The van der Waals surface area contributed by atoms with Gasteiger partial charge in [-0.1, -0.05) is 24.3 Å². The minimum Gasteiger partial charge on any atom is -0.388 e. The molecule has 2 aliphatic heterocycles. The molecule has 9 unspecified atom stereocenters. The van der Waals surface area contributed by atoms with E-state index in [4.69, 9.17) is 28.9 Å². The maximum Gasteiger partial charge on any atom is 0.186 e. The second-order valence-electron chi connectivity index (χ2n) is 9.35. The zero-order chi connectivity index (χ0) is 26.3. The Hall–Kier alpha value is -2.36. The molecule has 2 aliphatic rings. The highest BCUT2D eigenvalue weighted by Crippen LogP contribution is 2.26. The number of hydrogen-bond acceptors (Lipinski definition) is 12. The fourth-order valence-corrected chi connectivity index (χ4v) is 4.49. The number of ether oxygens (including phenoxy) is 4. The first kappa shape index (κ1) is 26.3. The first-order valence-electron chi connectivity index (χ1n) is 12.0. The lowest BCUT2D eigenvalue weighted by Gasteiger charge is -2.38. The predicted octanol–water partition coefficient (Wildman–Crippen LogP) is -0.917. The van der Waals surface area contributed by atoms with E-state index in [-0.39, 0.29) is 19.8 Å². The van der Waals surface area contributed by atoms with Crippen LogP contribution in [0.2, 0.25) is 0 Å². The second kappa shape index (κ2) is 10.8. The van der Waals surface area contributed by atoms with Crippen molar-refractivity contribution in [2.45, 2.75) is 75.4 Å². The molecule has 5 rings (SSSR count). The molecule has 1 aromatic heterocycles. The number of fused-ring (bicyclic) bond motifs is 2. The molecule has 0 bridgehead atoms. The van der Waals surface area contributed by atoms with E-state index in [0.29, 0.717) is 33.2 Å². The average molecular weight is 519 g/mol. The average Bonchev–Trinajstić information content (AvgIpc) is 2.90. The van der Waals surface area contributed by atoms with Gasteiger partial charge in [0.05, 0.1) is 48.0 Å². The predicted molar refractivity (Wildman–Crippen MR) is 127 cm³/mol. The van der Waals surface area contributed by atoms with Crippen LogP contribution in [-0.4, -0.2) is 103 Å². The van der Waals surface area contributed by atoms with Crippen LogP contribution in [0.25, 0.3) is 22.1 Å². The van der Waals surface area contributed by atoms with Crippen molar-refractivity contribution in [1.29, 1.82) is 0 Å².